The summed E-state index contributed by atoms with van der Waals surface area (Å²) in [5, 5.41) is 14.6. The Balaban J connectivity index is 2.46. The summed E-state index contributed by atoms with van der Waals surface area (Å²) in [7, 11) is 0. The van der Waals surface area contributed by atoms with Gasteiger partial charge in [0.05, 0.1) is 12.1 Å². The highest BCUT2D eigenvalue weighted by Crippen LogP contribution is 2.03. The topological polar surface area (TPSA) is 78.4 Å². The lowest BCUT2D eigenvalue weighted by atomic mass is 10.1. The summed E-state index contributed by atoms with van der Waals surface area (Å²) in [4.78, 5) is 23.7. The normalized spacial score (nSPS) is 12.6. The van der Waals surface area contributed by atoms with E-state index >= 15 is 0 Å². The van der Waals surface area contributed by atoms with E-state index in [0.717, 1.165) is 0 Å². The maximum atomic E-state index is 11.9. The monoisotopic (exact) mass is 278 g/mol. The molecule has 0 saturated carbocycles. The number of rotatable bonds is 6. The predicted molar refractivity (Wildman–Crippen MR) is 77.3 cm³/mol. The van der Waals surface area contributed by atoms with Crippen LogP contribution in [0.2, 0.25) is 0 Å². The van der Waals surface area contributed by atoms with Crippen molar-refractivity contribution >= 4 is 11.8 Å². The molecule has 1 aromatic carbocycles. The highest BCUT2D eigenvalue weighted by molar-refractivity contribution is 5.94. The summed E-state index contributed by atoms with van der Waals surface area (Å²) < 4.78 is 0. The van der Waals surface area contributed by atoms with Crippen LogP contribution in [-0.2, 0) is 4.79 Å². The van der Waals surface area contributed by atoms with Gasteiger partial charge in [0.15, 0.2) is 0 Å². The molecule has 110 valence electrons. The number of hydrogen-bond acceptors (Lipinski definition) is 3. The third-order valence-corrected chi connectivity index (χ3v) is 2.78. The van der Waals surface area contributed by atoms with E-state index in [1.807, 2.05) is 6.07 Å². The quantitative estimate of drug-likeness (QED) is 0.728. The number of nitrogens with one attached hydrogen (secondary N) is 2. The molecule has 1 aromatic rings. The van der Waals surface area contributed by atoms with Crippen LogP contribution in [0.5, 0.6) is 0 Å². The maximum Gasteiger partial charge on any atom is 0.251 e. The summed E-state index contributed by atoms with van der Waals surface area (Å²) >= 11 is 0. The molecule has 0 bridgehead atoms. The number of benzene rings is 1. The third kappa shape index (κ3) is 5.40. The van der Waals surface area contributed by atoms with E-state index in [1.54, 1.807) is 45.0 Å². The van der Waals surface area contributed by atoms with Crippen molar-refractivity contribution in [1.82, 2.24) is 10.6 Å². The predicted octanol–water partition coefficient (Wildman–Crippen LogP) is 1.08. The lowest BCUT2D eigenvalue weighted by Gasteiger charge is -2.24. The summed E-state index contributed by atoms with van der Waals surface area (Å²) in [5.74, 6) is -0.405. The van der Waals surface area contributed by atoms with Gasteiger partial charge in [0.1, 0.15) is 0 Å². The number of carbonyl (C=O) groups is 2. The molecular weight excluding hydrogens is 256 g/mol. The minimum Gasteiger partial charge on any atom is -0.394 e. The first-order valence-electron chi connectivity index (χ1n) is 6.62. The van der Waals surface area contributed by atoms with Crippen LogP contribution < -0.4 is 10.6 Å². The zero-order valence-corrected chi connectivity index (χ0v) is 12.1. The van der Waals surface area contributed by atoms with Gasteiger partial charge in [0.2, 0.25) is 5.91 Å². The molecule has 0 aliphatic carbocycles. The van der Waals surface area contributed by atoms with Crippen LogP contribution in [0.15, 0.2) is 30.3 Å². The fourth-order valence-electron chi connectivity index (χ4n) is 1.69. The molecule has 0 heterocycles. The van der Waals surface area contributed by atoms with Crippen LogP contribution in [0.3, 0.4) is 0 Å². The SMILES string of the molecule is CC(CC(=O)NC(C)(C)CO)NC(=O)c1ccccc1. The summed E-state index contributed by atoms with van der Waals surface area (Å²) in [6.07, 6.45) is 0.169. The number of aliphatic hydroxyl groups is 1. The zero-order chi connectivity index (χ0) is 15.2. The first kappa shape index (κ1) is 16.2. The average molecular weight is 278 g/mol. The Labute approximate surface area is 119 Å². The molecule has 0 aliphatic rings. The van der Waals surface area contributed by atoms with Crippen LogP contribution >= 0.6 is 0 Å². The maximum absolute atomic E-state index is 11.9. The van der Waals surface area contributed by atoms with Crippen molar-refractivity contribution in [2.24, 2.45) is 0 Å². The molecule has 1 unspecified atom stereocenters. The first-order valence-corrected chi connectivity index (χ1v) is 6.62. The van der Waals surface area contributed by atoms with Gasteiger partial charge in [-0.3, -0.25) is 9.59 Å². The highest BCUT2D eigenvalue weighted by atomic mass is 16.3. The standard InChI is InChI=1S/C15H22N2O3/c1-11(9-13(19)17-15(2,3)10-18)16-14(20)12-7-5-4-6-8-12/h4-8,11,18H,9-10H2,1-3H3,(H,16,20)(H,17,19). The molecule has 0 fully saturated rings. The Bertz CT molecular complexity index is 457. The lowest BCUT2D eigenvalue weighted by Crippen LogP contribution is -2.48. The van der Waals surface area contributed by atoms with E-state index in [1.165, 1.54) is 0 Å². The van der Waals surface area contributed by atoms with Gasteiger partial charge in [-0.15, -0.1) is 0 Å². The molecule has 0 saturated heterocycles. The minimum absolute atomic E-state index is 0.135. The van der Waals surface area contributed by atoms with E-state index in [9.17, 15) is 9.59 Å². The van der Waals surface area contributed by atoms with E-state index in [-0.39, 0.29) is 30.9 Å². The third-order valence-electron chi connectivity index (χ3n) is 2.78. The van der Waals surface area contributed by atoms with Crippen LogP contribution in [-0.4, -0.2) is 35.1 Å². The van der Waals surface area contributed by atoms with Gasteiger partial charge in [0, 0.05) is 18.0 Å². The smallest absolute Gasteiger partial charge is 0.251 e. The van der Waals surface area contributed by atoms with Crippen molar-refractivity contribution in [2.45, 2.75) is 38.8 Å². The van der Waals surface area contributed by atoms with Crippen LogP contribution in [0, 0.1) is 0 Å². The van der Waals surface area contributed by atoms with Gasteiger partial charge < -0.3 is 15.7 Å². The second-order valence-electron chi connectivity index (χ2n) is 5.53. The number of amides is 2. The second kappa shape index (κ2) is 7.05. The van der Waals surface area contributed by atoms with E-state index in [2.05, 4.69) is 10.6 Å². The largest absolute Gasteiger partial charge is 0.394 e. The molecule has 0 radical (unpaired) electrons. The first-order chi connectivity index (χ1) is 9.34. The number of hydrogen-bond donors (Lipinski definition) is 3. The summed E-state index contributed by atoms with van der Waals surface area (Å²) in [6, 6.07) is 8.57. The van der Waals surface area contributed by atoms with Crippen molar-refractivity contribution in [3.63, 3.8) is 0 Å². The Morgan fingerprint density at radius 2 is 1.85 bits per heavy atom. The summed E-state index contributed by atoms with van der Waals surface area (Å²) in [6.45, 7) is 5.10. The molecule has 3 N–H and O–H groups in total. The van der Waals surface area contributed by atoms with Gasteiger partial charge >= 0.3 is 0 Å². The van der Waals surface area contributed by atoms with Crippen molar-refractivity contribution in [3.05, 3.63) is 35.9 Å². The fourth-order valence-corrected chi connectivity index (χ4v) is 1.69. The number of carbonyl (C=O) groups excluding carboxylic acids is 2. The Morgan fingerprint density at radius 3 is 2.40 bits per heavy atom. The Hall–Kier alpha value is -1.88. The zero-order valence-electron chi connectivity index (χ0n) is 12.1. The Kier molecular flexibility index (Phi) is 5.70. The molecule has 0 spiro atoms. The molecular formula is C15H22N2O3. The van der Waals surface area contributed by atoms with Crippen LogP contribution in [0.25, 0.3) is 0 Å². The molecule has 1 rings (SSSR count). The van der Waals surface area contributed by atoms with Crippen molar-refractivity contribution < 1.29 is 14.7 Å². The minimum atomic E-state index is -0.653. The fraction of sp³-hybridized carbons (Fsp3) is 0.467. The van der Waals surface area contributed by atoms with E-state index < -0.39 is 5.54 Å². The van der Waals surface area contributed by atoms with Crippen LogP contribution in [0.4, 0.5) is 0 Å². The molecule has 0 aromatic heterocycles. The average Bonchev–Trinajstić information content (AvgIpc) is 2.38. The molecule has 5 nitrogen and oxygen atoms in total. The van der Waals surface area contributed by atoms with Gasteiger partial charge in [-0.2, -0.15) is 0 Å². The molecule has 5 heteroatoms. The van der Waals surface area contributed by atoms with Crippen molar-refractivity contribution in [2.75, 3.05) is 6.61 Å². The lowest BCUT2D eigenvalue weighted by molar-refractivity contribution is -0.123. The number of aliphatic hydroxyl groups excluding tert-OH is 1. The molecule has 1 atom stereocenters. The van der Waals surface area contributed by atoms with Crippen molar-refractivity contribution in [3.8, 4) is 0 Å². The van der Waals surface area contributed by atoms with E-state index in [4.69, 9.17) is 5.11 Å². The highest BCUT2D eigenvalue weighted by Gasteiger charge is 2.20. The summed E-state index contributed by atoms with van der Waals surface area (Å²) in [5.41, 5.74) is -0.0873. The van der Waals surface area contributed by atoms with Gasteiger partial charge in [-0.1, -0.05) is 18.2 Å². The van der Waals surface area contributed by atoms with Gasteiger partial charge in [-0.25, -0.2) is 0 Å². The Morgan fingerprint density at radius 1 is 1.25 bits per heavy atom. The molecule has 20 heavy (non-hydrogen) atoms. The molecule has 0 aliphatic heterocycles. The van der Waals surface area contributed by atoms with Crippen LogP contribution in [0.1, 0.15) is 37.6 Å². The van der Waals surface area contributed by atoms with Gasteiger partial charge in [-0.05, 0) is 32.9 Å². The second-order valence-corrected chi connectivity index (χ2v) is 5.53. The van der Waals surface area contributed by atoms with E-state index in [0.29, 0.717) is 5.56 Å². The van der Waals surface area contributed by atoms with Gasteiger partial charge in [0.25, 0.3) is 5.91 Å². The molecule has 2 amide bonds. The van der Waals surface area contributed by atoms with Crippen molar-refractivity contribution in [1.29, 1.82) is 0 Å².